The van der Waals surface area contributed by atoms with Gasteiger partial charge in [-0.3, -0.25) is 9.69 Å². The molecule has 0 spiro atoms. The number of ether oxygens (including phenoxy) is 1. The lowest BCUT2D eigenvalue weighted by molar-refractivity contribution is -0.389. The van der Waals surface area contributed by atoms with E-state index in [1.165, 1.54) is 16.9 Å². The van der Waals surface area contributed by atoms with E-state index in [0.29, 0.717) is 6.54 Å². The summed E-state index contributed by atoms with van der Waals surface area (Å²) < 4.78 is 6.91. The second-order valence-electron chi connectivity index (χ2n) is 5.50. The summed E-state index contributed by atoms with van der Waals surface area (Å²) in [7, 11) is 0. The molecule has 0 saturated carbocycles. The molecule has 9 heteroatoms. The van der Waals surface area contributed by atoms with Crippen LogP contribution in [-0.4, -0.2) is 63.9 Å². The standard InChI is InChI=1S/C13H21N5O4/c1-10-7-16(8-11(2)22-10)6-4-14-13(19)9-17-5-3-12(15-17)18(20)21/h3,5,10-11H,4,6-9H2,1-2H3,(H,14,19). The first-order valence-electron chi connectivity index (χ1n) is 7.26. The molecule has 9 nitrogen and oxygen atoms in total. The maximum atomic E-state index is 11.8. The van der Waals surface area contributed by atoms with Crippen molar-refractivity contribution in [2.45, 2.75) is 32.6 Å². The molecule has 0 radical (unpaired) electrons. The summed E-state index contributed by atoms with van der Waals surface area (Å²) in [5.74, 6) is -0.476. The number of nitrogens with one attached hydrogen (secondary N) is 1. The minimum Gasteiger partial charge on any atom is -0.373 e. The molecular weight excluding hydrogens is 290 g/mol. The van der Waals surface area contributed by atoms with Crippen LogP contribution in [0.5, 0.6) is 0 Å². The molecule has 122 valence electrons. The Kier molecular flexibility index (Phi) is 5.45. The van der Waals surface area contributed by atoms with Crippen LogP contribution in [0.2, 0.25) is 0 Å². The van der Waals surface area contributed by atoms with Gasteiger partial charge in [0.1, 0.15) is 6.54 Å². The van der Waals surface area contributed by atoms with Gasteiger partial charge in [0.15, 0.2) is 0 Å². The van der Waals surface area contributed by atoms with E-state index in [1.54, 1.807) is 0 Å². The highest BCUT2D eigenvalue weighted by molar-refractivity contribution is 5.75. The Morgan fingerprint density at radius 3 is 2.77 bits per heavy atom. The molecule has 2 heterocycles. The van der Waals surface area contributed by atoms with E-state index in [4.69, 9.17) is 4.74 Å². The lowest BCUT2D eigenvalue weighted by Gasteiger charge is -2.35. The van der Waals surface area contributed by atoms with Gasteiger partial charge >= 0.3 is 5.82 Å². The van der Waals surface area contributed by atoms with Crippen molar-refractivity contribution in [3.05, 3.63) is 22.4 Å². The maximum absolute atomic E-state index is 11.8. The highest BCUT2D eigenvalue weighted by Gasteiger charge is 2.21. The molecule has 1 aliphatic rings. The van der Waals surface area contributed by atoms with Crippen LogP contribution < -0.4 is 5.32 Å². The number of hydrogen-bond donors (Lipinski definition) is 1. The Balaban J connectivity index is 1.70. The largest absolute Gasteiger partial charge is 0.389 e. The van der Waals surface area contributed by atoms with E-state index in [0.717, 1.165) is 19.6 Å². The number of aromatic nitrogens is 2. The fourth-order valence-corrected chi connectivity index (χ4v) is 2.56. The average Bonchev–Trinajstić information content (AvgIpc) is 2.86. The lowest BCUT2D eigenvalue weighted by atomic mass is 10.2. The molecule has 1 saturated heterocycles. The fourth-order valence-electron chi connectivity index (χ4n) is 2.56. The summed E-state index contributed by atoms with van der Waals surface area (Å²) in [4.78, 5) is 24.0. The van der Waals surface area contributed by atoms with Gasteiger partial charge in [0.2, 0.25) is 5.91 Å². The van der Waals surface area contributed by atoms with E-state index in [1.807, 2.05) is 13.8 Å². The van der Waals surface area contributed by atoms with Gasteiger partial charge in [-0.25, -0.2) is 0 Å². The quantitative estimate of drug-likeness (QED) is 0.587. The molecule has 1 fully saturated rings. The minimum atomic E-state index is -0.588. The van der Waals surface area contributed by atoms with Crippen LogP contribution in [-0.2, 0) is 16.1 Å². The first-order chi connectivity index (χ1) is 10.4. The van der Waals surface area contributed by atoms with Gasteiger partial charge in [0.05, 0.1) is 29.6 Å². The monoisotopic (exact) mass is 311 g/mol. The highest BCUT2D eigenvalue weighted by atomic mass is 16.6. The Hall–Kier alpha value is -2.00. The summed E-state index contributed by atoms with van der Waals surface area (Å²) in [6.07, 6.45) is 1.82. The first kappa shape index (κ1) is 16.4. The molecule has 0 aromatic carbocycles. The normalized spacial score (nSPS) is 22.5. The van der Waals surface area contributed by atoms with E-state index in [-0.39, 0.29) is 30.5 Å². The SMILES string of the molecule is CC1CN(CCNC(=O)Cn2ccc([N+](=O)[O-])n2)CC(C)O1. The molecule has 0 aliphatic carbocycles. The predicted molar refractivity (Wildman–Crippen MR) is 78.3 cm³/mol. The summed E-state index contributed by atoms with van der Waals surface area (Å²) >= 11 is 0. The van der Waals surface area contributed by atoms with Crippen LogP contribution in [0.3, 0.4) is 0 Å². The number of amides is 1. The smallest absolute Gasteiger partial charge is 0.373 e. The molecule has 0 bridgehead atoms. The molecule has 1 aliphatic heterocycles. The molecule has 1 aromatic heterocycles. The lowest BCUT2D eigenvalue weighted by Crippen LogP contribution is -2.48. The summed E-state index contributed by atoms with van der Waals surface area (Å²) in [5.41, 5.74) is 0. The second-order valence-corrected chi connectivity index (χ2v) is 5.50. The van der Waals surface area contributed by atoms with Crippen molar-refractivity contribution in [2.24, 2.45) is 0 Å². The first-order valence-corrected chi connectivity index (χ1v) is 7.26. The third kappa shape index (κ3) is 4.78. The molecule has 22 heavy (non-hydrogen) atoms. The third-order valence-corrected chi connectivity index (χ3v) is 3.36. The zero-order chi connectivity index (χ0) is 16.1. The Labute approximate surface area is 128 Å². The van der Waals surface area contributed by atoms with Crippen molar-refractivity contribution >= 4 is 11.7 Å². The summed E-state index contributed by atoms with van der Waals surface area (Å²) in [5, 5.41) is 17.0. The van der Waals surface area contributed by atoms with Crippen LogP contribution in [0.15, 0.2) is 12.3 Å². The molecule has 1 amide bonds. The van der Waals surface area contributed by atoms with E-state index in [2.05, 4.69) is 15.3 Å². The van der Waals surface area contributed by atoms with Gasteiger partial charge in [0.25, 0.3) is 0 Å². The van der Waals surface area contributed by atoms with Gasteiger partial charge in [-0.15, -0.1) is 0 Å². The van der Waals surface area contributed by atoms with Crippen LogP contribution in [0.1, 0.15) is 13.8 Å². The Bertz CT molecular complexity index is 522. The van der Waals surface area contributed by atoms with Crippen molar-refractivity contribution in [1.29, 1.82) is 0 Å². The number of hydrogen-bond acceptors (Lipinski definition) is 6. The number of carbonyl (C=O) groups is 1. The molecular formula is C13H21N5O4. The van der Waals surface area contributed by atoms with Gasteiger partial charge < -0.3 is 20.2 Å². The summed E-state index contributed by atoms with van der Waals surface area (Å²) in [6.45, 7) is 7.03. The van der Waals surface area contributed by atoms with Crippen molar-refractivity contribution in [3.8, 4) is 0 Å². The summed E-state index contributed by atoms with van der Waals surface area (Å²) in [6, 6.07) is 1.27. The van der Waals surface area contributed by atoms with Crippen LogP contribution in [0.25, 0.3) is 0 Å². The van der Waals surface area contributed by atoms with Crippen molar-refractivity contribution in [2.75, 3.05) is 26.2 Å². The van der Waals surface area contributed by atoms with Gasteiger partial charge in [0, 0.05) is 26.2 Å². The van der Waals surface area contributed by atoms with E-state index >= 15 is 0 Å². The molecule has 2 unspecified atom stereocenters. The highest BCUT2D eigenvalue weighted by Crippen LogP contribution is 2.09. The van der Waals surface area contributed by atoms with Crippen molar-refractivity contribution in [3.63, 3.8) is 0 Å². The second kappa shape index (κ2) is 7.32. The van der Waals surface area contributed by atoms with Crippen molar-refractivity contribution in [1.82, 2.24) is 20.0 Å². The zero-order valence-corrected chi connectivity index (χ0v) is 12.8. The Morgan fingerprint density at radius 2 is 2.18 bits per heavy atom. The minimum absolute atomic E-state index is 0.0241. The molecule has 2 rings (SSSR count). The zero-order valence-electron chi connectivity index (χ0n) is 12.8. The fraction of sp³-hybridized carbons (Fsp3) is 0.692. The number of nitro groups is 1. The van der Waals surface area contributed by atoms with Gasteiger partial charge in [-0.2, -0.15) is 4.68 Å². The molecule has 1 aromatic rings. The third-order valence-electron chi connectivity index (χ3n) is 3.36. The predicted octanol–water partition coefficient (Wildman–Crippen LogP) is 0.0167. The number of carbonyl (C=O) groups excluding carboxylic acids is 1. The molecule has 2 atom stereocenters. The Morgan fingerprint density at radius 1 is 1.50 bits per heavy atom. The number of nitrogens with zero attached hydrogens (tertiary/aromatic N) is 4. The van der Waals surface area contributed by atoms with Gasteiger partial charge in [-0.1, -0.05) is 0 Å². The van der Waals surface area contributed by atoms with Crippen LogP contribution in [0, 0.1) is 10.1 Å². The maximum Gasteiger partial charge on any atom is 0.389 e. The van der Waals surface area contributed by atoms with Gasteiger partial charge in [-0.05, 0) is 18.8 Å². The topological polar surface area (TPSA) is 103 Å². The van der Waals surface area contributed by atoms with Crippen LogP contribution in [0.4, 0.5) is 5.82 Å². The number of rotatable bonds is 6. The number of morpholine rings is 1. The van der Waals surface area contributed by atoms with Crippen molar-refractivity contribution < 1.29 is 14.5 Å². The van der Waals surface area contributed by atoms with E-state index < -0.39 is 4.92 Å². The molecule has 1 N–H and O–H groups in total. The van der Waals surface area contributed by atoms with Crippen LogP contribution >= 0.6 is 0 Å². The van der Waals surface area contributed by atoms with E-state index in [9.17, 15) is 14.9 Å². The average molecular weight is 311 g/mol.